The maximum atomic E-state index is 11.7. The number of hydrogen-bond donors (Lipinski definition) is 1. The summed E-state index contributed by atoms with van der Waals surface area (Å²) >= 11 is 0. The maximum Gasteiger partial charge on any atom is 0.226 e. The molecule has 100 valence electrons. The van der Waals surface area contributed by atoms with E-state index >= 15 is 0 Å². The van der Waals surface area contributed by atoms with Gasteiger partial charge in [-0.05, 0) is 5.92 Å². The molecule has 4 heteroatoms. The quantitative estimate of drug-likeness (QED) is 0.897. The van der Waals surface area contributed by atoms with Crippen LogP contribution in [0.2, 0.25) is 0 Å². The molecule has 1 amide bonds. The van der Waals surface area contributed by atoms with Crippen molar-refractivity contribution in [3.63, 3.8) is 0 Å². The van der Waals surface area contributed by atoms with Crippen LogP contribution in [0, 0.1) is 5.92 Å². The third-order valence-corrected chi connectivity index (χ3v) is 2.67. The first-order valence-electron chi connectivity index (χ1n) is 6.43. The molecule has 1 aromatic heterocycles. The fraction of sp³-hybridized carbons (Fsp3) is 0.333. The Labute approximate surface area is 112 Å². The molecule has 2 aromatic rings. The highest BCUT2D eigenvalue weighted by molar-refractivity contribution is 5.78. The molecule has 1 heterocycles. The van der Waals surface area contributed by atoms with E-state index < -0.39 is 0 Å². The minimum absolute atomic E-state index is 0.0263. The highest BCUT2D eigenvalue weighted by Crippen LogP contribution is 2.19. The smallest absolute Gasteiger partial charge is 0.226 e. The van der Waals surface area contributed by atoms with Crippen LogP contribution in [-0.4, -0.2) is 17.6 Å². The summed E-state index contributed by atoms with van der Waals surface area (Å²) < 4.78 is 5.25. The molecule has 1 N–H and O–H groups in total. The summed E-state index contributed by atoms with van der Waals surface area (Å²) in [6, 6.07) is 11.5. The topological polar surface area (TPSA) is 55.1 Å². The van der Waals surface area contributed by atoms with Crippen LogP contribution >= 0.6 is 0 Å². The predicted molar refractivity (Wildman–Crippen MR) is 73.5 cm³/mol. The van der Waals surface area contributed by atoms with Crippen molar-refractivity contribution in [3.05, 3.63) is 42.1 Å². The average Bonchev–Trinajstić information content (AvgIpc) is 2.86. The van der Waals surface area contributed by atoms with Crippen molar-refractivity contribution in [2.24, 2.45) is 5.92 Å². The van der Waals surface area contributed by atoms with E-state index in [1.807, 2.05) is 36.4 Å². The van der Waals surface area contributed by atoms with Crippen molar-refractivity contribution in [3.8, 4) is 11.3 Å². The summed E-state index contributed by atoms with van der Waals surface area (Å²) in [6.07, 6.45) is 0.253. The summed E-state index contributed by atoms with van der Waals surface area (Å²) in [6.45, 7) is 4.80. The lowest BCUT2D eigenvalue weighted by molar-refractivity contribution is -0.120. The van der Waals surface area contributed by atoms with E-state index in [1.54, 1.807) is 0 Å². The van der Waals surface area contributed by atoms with Crippen molar-refractivity contribution >= 4 is 5.91 Å². The molecule has 2 rings (SSSR count). The molecular formula is C15H18N2O2. The zero-order valence-corrected chi connectivity index (χ0v) is 11.2. The average molecular weight is 258 g/mol. The number of aromatic nitrogens is 1. The summed E-state index contributed by atoms with van der Waals surface area (Å²) in [5.74, 6) is 1.11. The van der Waals surface area contributed by atoms with E-state index in [2.05, 4.69) is 24.3 Å². The third kappa shape index (κ3) is 3.95. The van der Waals surface area contributed by atoms with Crippen LogP contribution in [0.5, 0.6) is 0 Å². The monoisotopic (exact) mass is 258 g/mol. The highest BCUT2D eigenvalue weighted by Gasteiger charge is 2.10. The van der Waals surface area contributed by atoms with Crippen LogP contribution in [0.25, 0.3) is 11.3 Å². The van der Waals surface area contributed by atoms with E-state index in [9.17, 15) is 4.79 Å². The molecule has 0 atom stereocenters. The largest absolute Gasteiger partial charge is 0.356 e. The summed E-state index contributed by atoms with van der Waals surface area (Å²) in [7, 11) is 0. The van der Waals surface area contributed by atoms with E-state index in [0.29, 0.717) is 23.9 Å². The first-order valence-corrected chi connectivity index (χ1v) is 6.43. The zero-order chi connectivity index (χ0) is 13.7. The van der Waals surface area contributed by atoms with E-state index in [4.69, 9.17) is 4.52 Å². The molecule has 0 radical (unpaired) electrons. The molecule has 0 aliphatic carbocycles. The van der Waals surface area contributed by atoms with Crippen LogP contribution in [0.3, 0.4) is 0 Å². The number of rotatable bonds is 5. The number of carbonyl (C=O) groups is 1. The molecule has 0 spiro atoms. The van der Waals surface area contributed by atoms with Gasteiger partial charge in [0.15, 0.2) is 5.76 Å². The van der Waals surface area contributed by atoms with Crippen molar-refractivity contribution in [1.29, 1.82) is 0 Å². The molecule has 0 aliphatic rings. The highest BCUT2D eigenvalue weighted by atomic mass is 16.5. The van der Waals surface area contributed by atoms with Gasteiger partial charge >= 0.3 is 0 Å². The summed E-state index contributed by atoms with van der Waals surface area (Å²) in [5.41, 5.74) is 1.61. The molecule has 1 aromatic carbocycles. The number of nitrogens with zero attached hydrogens (tertiary/aromatic N) is 1. The maximum absolute atomic E-state index is 11.7. The van der Waals surface area contributed by atoms with Crippen molar-refractivity contribution in [1.82, 2.24) is 10.5 Å². The summed E-state index contributed by atoms with van der Waals surface area (Å²) in [5, 5.41) is 6.78. The van der Waals surface area contributed by atoms with E-state index in [1.165, 1.54) is 0 Å². The van der Waals surface area contributed by atoms with Gasteiger partial charge in [0.25, 0.3) is 0 Å². The second-order valence-electron chi connectivity index (χ2n) is 4.92. The molecular weight excluding hydrogens is 240 g/mol. The van der Waals surface area contributed by atoms with Gasteiger partial charge in [-0.25, -0.2) is 0 Å². The lowest BCUT2D eigenvalue weighted by atomic mass is 10.1. The standard InChI is InChI=1S/C15H18N2O2/c1-11(2)10-16-15(18)9-13-8-14(19-17-13)12-6-4-3-5-7-12/h3-8,11H,9-10H2,1-2H3,(H,16,18). The summed E-state index contributed by atoms with van der Waals surface area (Å²) in [4.78, 5) is 11.7. The lowest BCUT2D eigenvalue weighted by Gasteiger charge is -2.05. The van der Waals surface area contributed by atoms with Gasteiger partial charge in [0, 0.05) is 18.2 Å². The SMILES string of the molecule is CC(C)CNC(=O)Cc1cc(-c2ccccc2)on1. The van der Waals surface area contributed by atoms with Gasteiger partial charge in [-0.2, -0.15) is 0 Å². The first-order chi connectivity index (χ1) is 9.15. The second kappa shape index (κ2) is 6.18. The Morgan fingerprint density at radius 1 is 1.32 bits per heavy atom. The molecule has 4 nitrogen and oxygen atoms in total. The molecule has 0 bridgehead atoms. The second-order valence-corrected chi connectivity index (χ2v) is 4.92. The van der Waals surface area contributed by atoms with Crippen LogP contribution < -0.4 is 5.32 Å². The minimum atomic E-state index is -0.0263. The first kappa shape index (κ1) is 13.3. The Morgan fingerprint density at radius 3 is 2.74 bits per heavy atom. The van der Waals surface area contributed by atoms with Gasteiger partial charge in [0.2, 0.25) is 5.91 Å². The van der Waals surface area contributed by atoms with E-state index in [-0.39, 0.29) is 12.3 Å². The van der Waals surface area contributed by atoms with Gasteiger partial charge in [0.05, 0.1) is 12.1 Å². The van der Waals surface area contributed by atoms with Crippen molar-refractivity contribution < 1.29 is 9.32 Å². The Morgan fingerprint density at radius 2 is 2.05 bits per heavy atom. The van der Waals surface area contributed by atoms with Gasteiger partial charge < -0.3 is 9.84 Å². The Hall–Kier alpha value is -2.10. The Kier molecular flexibility index (Phi) is 4.34. The molecule has 0 saturated heterocycles. The zero-order valence-electron chi connectivity index (χ0n) is 11.2. The number of nitrogens with one attached hydrogen (secondary N) is 1. The molecule has 0 fully saturated rings. The van der Waals surface area contributed by atoms with Crippen LogP contribution in [0.4, 0.5) is 0 Å². The van der Waals surface area contributed by atoms with Crippen LogP contribution in [0.15, 0.2) is 40.9 Å². The lowest BCUT2D eigenvalue weighted by Crippen LogP contribution is -2.28. The normalized spacial score (nSPS) is 10.7. The molecule has 0 saturated carbocycles. The molecule has 0 unspecified atom stereocenters. The van der Waals surface area contributed by atoms with Gasteiger partial charge in [-0.15, -0.1) is 0 Å². The Balaban J connectivity index is 1.96. The fourth-order valence-corrected chi connectivity index (χ4v) is 1.68. The van der Waals surface area contributed by atoms with Crippen LogP contribution in [0.1, 0.15) is 19.5 Å². The predicted octanol–water partition coefficient (Wildman–Crippen LogP) is 2.66. The number of hydrogen-bond acceptors (Lipinski definition) is 3. The van der Waals surface area contributed by atoms with Crippen molar-refractivity contribution in [2.45, 2.75) is 20.3 Å². The third-order valence-electron chi connectivity index (χ3n) is 2.67. The molecule has 19 heavy (non-hydrogen) atoms. The minimum Gasteiger partial charge on any atom is -0.356 e. The Bertz CT molecular complexity index is 532. The fourth-order valence-electron chi connectivity index (χ4n) is 1.68. The van der Waals surface area contributed by atoms with Gasteiger partial charge in [-0.1, -0.05) is 49.3 Å². The van der Waals surface area contributed by atoms with Crippen molar-refractivity contribution in [2.75, 3.05) is 6.54 Å². The molecule has 0 aliphatic heterocycles. The van der Waals surface area contributed by atoms with Gasteiger partial charge in [-0.3, -0.25) is 4.79 Å². The number of carbonyl (C=O) groups excluding carboxylic acids is 1. The van der Waals surface area contributed by atoms with E-state index in [0.717, 1.165) is 5.56 Å². The number of benzene rings is 1. The van der Waals surface area contributed by atoms with Crippen LogP contribution in [-0.2, 0) is 11.2 Å². The number of amides is 1. The van der Waals surface area contributed by atoms with Gasteiger partial charge in [0.1, 0.15) is 0 Å².